The van der Waals surface area contributed by atoms with Gasteiger partial charge in [0.25, 0.3) is 0 Å². The Morgan fingerprint density at radius 1 is 0.402 bits per heavy atom. The van der Waals surface area contributed by atoms with Gasteiger partial charge >= 0.3 is 5.97 Å². The van der Waals surface area contributed by atoms with Gasteiger partial charge in [0.2, 0.25) is 5.91 Å². The summed E-state index contributed by atoms with van der Waals surface area (Å²) in [5, 5.41) is 54.6. The Hall–Kier alpha value is -2.12. The average molecular weight is 1300 g/mol. The highest BCUT2D eigenvalue weighted by Crippen LogP contribution is 2.24. The molecule has 1 fully saturated rings. The van der Waals surface area contributed by atoms with E-state index in [-0.39, 0.29) is 18.5 Å². The Morgan fingerprint density at radius 3 is 1.10 bits per heavy atom. The Morgan fingerprint density at radius 2 is 0.728 bits per heavy atom. The van der Waals surface area contributed by atoms with Crippen LogP contribution in [0.15, 0.2) is 36.5 Å². The molecule has 1 aliphatic heterocycles. The fourth-order valence-electron chi connectivity index (χ4n) is 12.9. The molecule has 11 heteroatoms. The van der Waals surface area contributed by atoms with Gasteiger partial charge in [-0.05, 0) is 64.2 Å². The Balaban J connectivity index is 1.91. The first-order valence-corrected chi connectivity index (χ1v) is 40.3. The summed E-state index contributed by atoms with van der Waals surface area (Å²) in [5.74, 6) is -0.160. The normalized spacial score (nSPS) is 17.7. The van der Waals surface area contributed by atoms with Crippen LogP contribution >= 0.6 is 0 Å². The fourth-order valence-corrected chi connectivity index (χ4v) is 12.9. The van der Waals surface area contributed by atoms with E-state index in [2.05, 4.69) is 43.5 Å². The molecule has 0 radical (unpaired) electrons. The van der Waals surface area contributed by atoms with Gasteiger partial charge in [0.15, 0.2) is 6.29 Å². The molecule has 7 atom stereocenters. The maximum absolute atomic E-state index is 13.1. The molecule has 7 unspecified atom stereocenters. The van der Waals surface area contributed by atoms with E-state index >= 15 is 0 Å². The lowest BCUT2D eigenvalue weighted by Gasteiger charge is -2.40. The number of amides is 1. The monoisotopic (exact) mass is 1300 g/mol. The topological polar surface area (TPSA) is 175 Å². The van der Waals surface area contributed by atoms with Gasteiger partial charge in [-0.3, -0.25) is 9.59 Å². The summed E-state index contributed by atoms with van der Waals surface area (Å²) in [4.78, 5) is 25.1. The van der Waals surface area contributed by atoms with E-state index in [9.17, 15) is 35.1 Å². The number of rotatable bonds is 72. The van der Waals surface area contributed by atoms with Crippen LogP contribution in [0.4, 0.5) is 0 Å². The van der Waals surface area contributed by atoms with Crippen molar-refractivity contribution >= 4 is 11.9 Å². The number of allylic oxidation sites excluding steroid dienone is 5. The first-order valence-electron chi connectivity index (χ1n) is 40.3. The van der Waals surface area contributed by atoms with Crippen molar-refractivity contribution in [2.45, 2.75) is 448 Å². The van der Waals surface area contributed by atoms with Crippen molar-refractivity contribution in [2.24, 2.45) is 0 Å². The summed E-state index contributed by atoms with van der Waals surface area (Å²) in [6.07, 6.45) is 81.8. The van der Waals surface area contributed by atoms with E-state index in [4.69, 9.17) is 14.2 Å². The first kappa shape index (κ1) is 87.9. The molecule has 6 N–H and O–H groups in total. The van der Waals surface area contributed by atoms with Crippen molar-refractivity contribution in [3.05, 3.63) is 36.5 Å². The molecule has 1 rings (SSSR count). The molecule has 0 bridgehead atoms. The number of carbonyl (C=O) groups is 2. The molecular formula is C81H153NO10. The number of hydrogen-bond acceptors (Lipinski definition) is 10. The molecule has 1 aliphatic rings. The van der Waals surface area contributed by atoms with E-state index < -0.39 is 49.5 Å². The minimum Gasteiger partial charge on any atom is -0.466 e. The summed E-state index contributed by atoms with van der Waals surface area (Å²) < 4.78 is 16.8. The third kappa shape index (κ3) is 58.1. The lowest BCUT2D eigenvalue weighted by molar-refractivity contribution is -0.302. The van der Waals surface area contributed by atoms with Gasteiger partial charge in [0.05, 0.1) is 32.0 Å². The summed E-state index contributed by atoms with van der Waals surface area (Å²) in [6.45, 7) is 4.39. The Kier molecular flexibility index (Phi) is 67.1. The van der Waals surface area contributed by atoms with Gasteiger partial charge in [0.1, 0.15) is 24.4 Å². The molecule has 0 aliphatic carbocycles. The maximum Gasteiger partial charge on any atom is 0.305 e. The predicted octanol–water partition coefficient (Wildman–Crippen LogP) is 21.7. The highest BCUT2D eigenvalue weighted by molar-refractivity contribution is 5.76. The average Bonchev–Trinajstić information content (AvgIpc) is 0.990. The van der Waals surface area contributed by atoms with Crippen LogP contribution in [0.3, 0.4) is 0 Å². The fraction of sp³-hybridized carbons (Fsp3) is 0.901. The third-order valence-corrected chi connectivity index (χ3v) is 19.2. The standard InChI is InChI=1S/C81H153NO10/c1-3-5-7-9-11-13-15-44-47-51-55-59-63-67-74(84)73(72-91-81-80(89)79(88)78(87)75(71-83)92-81)82-76(85)68-64-60-56-52-48-45-42-40-38-36-34-32-30-28-26-24-22-20-18-17-19-21-23-25-27-29-31-33-35-37-39-41-43-46-50-54-58-62-66-70-90-77(86)69-65-61-57-53-49-16-14-12-10-8-6-4-2/h17-18,21,23,63,67,73-75,78-81,83-84,87-89H,3-16,19-20,22,24-62,64-66,68-72H2,1-2H3,(H,82,85)/b18-17-,23-21-,67-63+. The number of hydrogen-bond donors (Lipinski definition) is 6. The number of carbonyl (C=O) groups excluding carboxylic acids is 2. The molecular weight excluding hydrogens is 1150 g/mol. The van der Waals surface area contributed by atoms with Crippen molar-refractivity contribution in [1.29, 1.82) is 0 Å². The van der Waals surface area contributed by atoms with Crippen molar-refractivity contribution in [3.63, 3.8) is 0 Å². The van der Waals surface area contributed by atoms with Crippen molar-refractivity contribution < 1.29 is 49.3 Å². The highest BCUT2D eigenvalue weighted by atomic mass is 16.7. The van der Waals surface area contributed by atoms with Crippen LogP contribution in [0.25, 0.3) is 0 Å². The van der Waals surface area contributed by atoms with Gasteiger partial charge in [-0.15, -0.1) is 0 Å². The van der Waals surface area contributed by atoms with E-state index in [1.165, 1.54) is 321 Å². The Labute approximate surface area is 568 Å². The second-order valence-corrected chi connectivity index (χ2v) is 28.1. The van der Waals surface area contributed by atoms with Crippen LogP contribution in [-0.2, 0) is 23.8 Å². The lowest BCUT2D eigenvalue weighted by atomic mass is 9.99. The summed E-state index contributed by atoms with van der Waals surface area (Å²) >= 11 is 0. The molecule has 1 heterocycles. The number of ether oxygens (including phenoxy) is 3. The van der Waals surface area contributed by atoms with Gasteiger partial charge in [-0.2, -0.15) is 0 Å². The largest absolute Gasteiger partial charge is 0.466 e. The number of unbranched alkanes of at least 4 members (excludes halogenated alkanes) is 54. The predicted molar refractivity (Wildman–Crippen MR) is 389 cm³/mol. The van der Waals surface area contributed by atoms with Crippen molar-refractivity contribution in [2.75, 3.05) is 19.8 Å². The van der Waals surface area contributed by atoms with Gasteiger partial charge in [-0.1, -0.05) is 365 Å². The van der Waals surface area contributed by atoms with Crippen molar-refractivity contribution in [3.8, 4) is 0 Å². The number of aliphatic hydroxyl groups is 5. The Bertz CT molecular complexity index is 1620. The zero-order valence-corrected chi connectivity index (χ0v) is 60.5. The molecule has 0 aromatic heterocycles. The minimum absolute atomic E-state index is 0.0159. The quantitative estimate of drug-likeness (QED) is 0.0195. The van der Waals surface area contributed by atoms with Gasteiger partial charge in [-0.25, -0.2) is 0 Å². The van der Waals surface area contributed by atoms with Crippen LogP contribution < -0.4 is 5.32 Å². The SMILES string of the molecule is CCCCCCCCCCCCC/C=C/C(O)C(COC1OC(CO)C(O)C(O)C1O)NC(=O)CCCCCCCCCCCCCCCCCCC/C=C\C/C=C\CCCCCCCCCCCCCCCCCOC(=O)CCCCCCCCCCCCCC. The lowest BCUT2D eigenvalue weighted by Crippen LogP contribution is -2.60. The molecule has 92 heavy (non-hydrogen) atoms. The van der Waals surface area contributed by atoms with E-state index in [1.54, 1.807) is 6.08 Å². The number of aliphatic hydroxyl groups excluding tert-OH is 5. The minimum atomic E-state index is -1.57. The van der Waals surface area contributed by atoms with E-state index in [0.29, 0.717) is 19.4 Å². The highest BCUT2D eigenvalue weighted by Gasteiger charge is 2.44. The number of esters is 1. The van der Waals surface area contributed by atoms with Crippen LogP contribution in [0.5, 0.6) is 0 Å². The smallest absolute Gasteiger partial charge is 0.305 e. The third-order valence-electron chi connectivity index (χ3n) is 19.2. The summed E-state index contributed by atoms with van der Waals surface area (Å²) in [6, 6.07) is -0.808. The summed E-state index contributed by atoms with van der Waals surface area (Å²) in [7, 11) is 0. The molecule has 0 spiro atoms. The molecule has 1 amide bonds. The summed E-state index contributed by atoms with van der Waals surface area (Å²) in [5.41, 5.74) is 0. The van der Waals surface area contributed by atoms with Crippen LogP contribution in [0.2, 0.25) is 0 Å². The molecule has 0 aromatic rings. The van der Waals surface area contributed by atoms with Crippen molar-refractivity contribution in [1.82, 2.24) is 5.32 Å². The molecule has 542 valence electrons. The van der Waals surface area contributed by atoms with E-state index in [1.807, 2.05) is 6.08 Å². The molecule has 0 saturated carbocycles. The van der Waals surface area contributed by atoms with Crippen LogP contribution in [-0.4, -0.2) is 100 Å². The van der Waals surface area contributed by atoms with Crippen LogP contribution in [0.1, 0.15) is 406 Å². The zero-order chi connectivity index (χ0) is 66.5. The molecule has 11 nitrogen and oxygen atoms in total. The number of nitrogens with one attached hydrogen (secondary N) is 1. The molecule has 1 saturated heterocycles. The maximum atomic E-state index is 13.1. The van der Waals surface area contributed by atoms with Gasteiger partial charge in [0, 0.05) is 12.8 Å². The zero-order valence-electron chi connectivity index (χ0n) is 60.5. The second kappa shape index (κ2) is 70.2. The second-order valence-electron chi connectivity index (χ2n) is 28.1. The first-order chi connectivity index (χ1) is 45.2. The van der Waals surface area contributed by atoms with Gasteiger partial charge < -0.3 is 45.1 Å². The molecule has 0 aromatic carbocycles. The van der Waals surface area contributed by atoms with E-state index in [0.717, 1.165) is 57.8 Å². The van der Waals surface area contributed by atoms with Crippen LogP contribution in [0, 0.1) is 0 Å².